The molecule has 2 aromatic rings. The van der Waals surface area contributed by atoms with Crippen LogP contribution in [-0.4, -0.2) is 17.9 Å². The third-order valence-electron chi connectivity index (χ3n) is 2.97. The molecule has 2 aromatic carbocycles. The summed E-state index contributed by atoms with van der Waals surface area (Å²) in [6, 6.07) is 16.6. The molecule has 6 heteroatoms. The number of hydrogen-bond acceptors (Lipinski definition) is 6. The van der Waals surface area contributed by atoms with Crippen LogP contribution >= 0.6 is 0 Å². The van der Waals surface area contributed by atoms with Gasteiger partial charge in [0, 0.05) is 0 Å². The van der Waals surface area contributed by atoms with E-state index in [9.17, 15) is 19.5 Å². The summed E-state index contributed by atoms with van der Waals surface area (Å²) in [6.45, 7) is 3.15. The van der Waals surface area contributed by atoms with E-state index in [-0.39, 0.29) is 5.57 Å². The van der Waals surface area contributed by atoms with E-state index in [1.165, 1.54) is 13.0 Å². The number of carbonyl (C=O) groups is 3. The van der Waals surface area contributed by atoms with E-state index in [4.69, 9.17) is 0 Å². The maximum atomic E-state index is 11.5. The van der Waals surface area contributed by atoms with Crippen LogP contribution in [0.5, 0.6) is 0 Å². The molecule has 0 aliphatic heterocycles. The molecule has 0 fully saturated rings. The van der Waals surface area contributed by atoms with Gasteiger partial charge >= 0.3 is 11.9 Å². The van der Waals surface area contributed by atoms with Gasteiger partial charge in [0.05, 0.1) is 17.1 Å². The van der Waals surface area contributed by atoms with Gasteiger partial charge in [-0.25, -0.2) is 19.4 Å². The molecule has 0 atom stereocenters. The number of carboxylic acid groups (broad SMARTS) is 1. The molecule has 0 aromatic heterocycles. The van der Waals surface area contributed by atoms with Crippen LogP contribution < -0.4 is 5.11 Å². The molecule has 0 N–H and O–H groups in total. The van der Waals surface area contributed by atoms with Gasteiger partial charge in [-0.3, -0.25) is 0 Å². The van der Waals surface area contributed by atoms with Crippen molar-refractivity contribution in [3.8, 4) is 0 Å². The van der Waals surface area contributed by atoms with Crippen molar-refractivity contribution in [3.63, 3.8) is 0 Å². The Morgan fingerprint density at radius 2 is 1.16 bits per heavy atom. The van der Waals surface area contributed by atoms with Crippen molar-refractivity contribution in [2.45, 2.75) is 13.8 Å². The smallest absolute Gasteiger partial charge is 0.386 e. The fourth-order valence-corrected chi connectivity index (χ4v) is 1.44. The summed E-state index contributed by atoms with van der Waals surface area (Å²) < 4.78 is 0. The summed E-state index contributed by atoms with van der Waals surface area (Å²) in [5, 5.41) is 9.75. The van der Waals surface area contributed by atoms with Crippen LogP contribution in [-0.2, 0) is 14.6 Å². The Hall–Kier alpha value is -3.41. The molecule has 6 nitrogen and oxygen atoms in total. The Morgan fingerprint density at radius 3 is 1.40 bits per heavy atom. The lowest BCUT2D eigenvalue weighted by Crippen LogP contribution is -2.22. The highest BCUT2D eigenvalue weighted by Crippen LogP contribution is 2.05. The summed E-state index contributed by atoms with van der Waals surface area (Å²) >= 11 is 0. The Balaban J connectivity index is 0.000000381. The number of hydrogen-bond donors (Lipinski definition) is 0. The molecule has 0 radical (unpaired) electrons. The van der Waals surface area contributed by atoms with Gasteiger partial charge in [-0.15, -0.1) is 0 Å². The maximum Gasteiger partial charge on any atom is 0.386 e. The SMILES string of the molecule is C/C=C(\C)C(=O)[O-].O=C(OOC(=O)c1ccccc1)c1ccccc1. The first-order valence-electron chi connectivity index (χ1n) is 7.33. The first-order chi connectivity index (χ1) is 12.0. The lowest BCUT2D eigenvalue weighted by Gasteiger charge is -2.02. The topological polar surface area (TPSA) is 92.7 Å². The van der Waals surface area contributed by atoms with Crippen LogP contribution in [0.25, 0.3) is 0 Å². The molecule has 25 heavy (non-hydrogen) atoms. The van der Waals surface area contributed by atoms with Crippen LogP contribution in [0.4, 0.5) is 0 Å². The monoisotopic (exact) mass is 341 g/mol. The standard InChI is InChI=1S/C14H10O4.C5H8O2/c15-13(11-7-3-1-4-8-11)17-18-14(16)12-9-5-2-6-10-12;1-3-4(2)5(6)7/h1-10H;3H,1-2H3,(H,6,7)/p-1/b;4-3+. The normalized spacial score (nSPS) is 10.1. The predicted octanol–water partition coefficient (Wildman–Crippen LogP) is 2.32. The van der Waals surface area contributed by atoms with Crippen molar-refractivity contribution in [2.75, 3.05) is 0 Å². The molecule has 2 rings (SSSR count). The quantitative estimate of drug-likeness (QED) is 0.483. The Labute approximate surface area is 145 Å². The fourth-order valence-electron chi connectivity index (χ4n) is 1.44. The van der Waals surface area contributed by atoms with Gasteiger partial charge in [-0.2, -0.15) is 0 Å². The highest BCUT2D eigenvalue weighted by atomic mass is 17.2. The van der Waals surface area contributed by atoms with Crippen LogP contribution in [0, 0.1) is 0 Å². The van der Waals surface area contributed by atoms with Crippen LogP contribution in [0.1, 0.15) is 34.6 Å². The molecule has 0 saturated carbocycles. The van der Waals surface area contributed by atoms with Crippen molar-refractivity contribution < 1.29 is 29.3 Å². The van der Waals surface area contributed by atoms with Crippen LogP contribution in [0.3, 0.4) is 0 Å². The van der Waals surface area contributed by atoms with Gasteiger partial charge in [0.2, 0.25) is 0 Å². The average molecular weight is 341 g/mol. The molecule has 130 valence electrons. The van der Waals surface area contributed by atoms with E-state index >= 15 is 0 Å². The predicted molar refractivity (Wildman–Crippen MR) is 88.2 cm³/mol. The lowest BCUT2D eigenvalue weighted by atomic mass is 10.2. The molecular formula is C19H17O6-. The van der Waals surface area contributed by atoms with Crippen molar-refractivity contribution in [2.24, 2.45) is 0 Å². The van der Waals surface area contributed by atoms with E-state index in [0.29, 0.717) is 11.1 Å². The zero-order valence-corrected chi connectivity index (χ0v) is 13.8. The molecule has 0 unspecified atom stereocenters. The van der Waals surface area contributed by atoms with E-state index in [1.54, 1.807) is 67.6 Å². The largest absolute Gasteiger partial charge is 0.545 e. The number of carboxylic acids is 1. The third kappa shape index (κ3) is 7.13. The number of aliphatic carboxylic acids is 1. The Morgan fingerprint density at radius 1 is 0.800 bits per heavy atom. The average Bonchev–Trinajstić information content (AvgIpc) is 2.66. The maximum absolute atomic E-state index is 11.5. The zero-order chi connectivity index (χ0) is 18.7. The van der Waals surface area contributed by atoms with Crippen molar-refractivity contribution in [3.05, 3.63) is 83.4 Å². The second kappa shape index (κ2) is 10.4. The number of rotatable bonds is 3. The van der Waals surface area contributed by atoms with Crippen molar-refractivity contribution in [1.82, 2.24) is 0 Å². The van der Waals surface area contributed by atoms with Crippen LogP contribution in [0.2, 0.25) is 0 Å². The second-order valence-electron chi connectivity index (χ2n) is 4.73. The molecular weight excluding hydrogens is 324 g/mol. The highest BCUT2D eigenvalue weighted by molar-refractivity contribution is 5.92. The second-order valence-corrected chi connectivity index (χ2v) is 4.73. The van der Waals surface area contributed by atoms with E-state index in [2.05, 4.69) is 9.78 Å². The summed E-state index contributed by atoms with van der Waals surface area (Å²) in [5.41, 5.74) is 0.914. The minimum Gasteiger partial charge on any atom is -0.545 e. The number of carbonyl (C=O) groups excluding carboxylic acids is 3. The van der Waals surface area contributed by atoms with Gasteiger partial charge in [-0.1, -0.05) is 42.5 Å². The first kappa shape index (κ1) is 19.6. The Bertz CT molecular complexity index is 684. The van der Waals surface area contributed by atoms with Crippen LogP contribution in [0.15, 0.2) is 72.3 Å². The summed E-state index contributed by atoms with van der Waals surface area (Å²) in [4.78, 5) is 41.6. The molecule has 0 bridgehead atoms. The van der Waals surface area contributed by atoms with Gasteiger partial charge < -0.3 is 9.90 Å². The number of allylic oxidation sites excluding steroid dienone is 1. The summed E-state index contributed by atoms with van der Waals surface area (Å²) in [6.07, 6.45) is 1.50. The molecule has 0 amide bonds. The number of benzene rings is 2. The van der Waals surface area contributed by atoms with Gasteiger partial charge in [0.15, 0.2) is 0 Å². The molecule has 0 aliphatic rings. The van der Waals surface area contributed by atoms with Gasteiger partial charge in [0.25, 0.3) is 0 Å². The zero-order valence-electron chi connectivity index (χ0n) is 13.8. The van der Waals surface area contributed by atoms with E-state index in [1.807, 2.05) is 0 Å². The fraction of sp³-hybridized carbons (Fsp3) is 0.105. The van der Waals surface area contributed by atoms with E-state index in [0.717, 1.165) is 0 Å². The highest BCUT2D eigenvalue weighted by Gasteiger charge is 2.12. The lowest BCUT2D eigenvalue weighted by molar-refractivity contribution is -0.299. The van der Waals surface area contributed by atoms with Crippen molar-refractivity contribution >= 4 is 17.9 Å². The minimum atomic E-state index is -1.09. The van der Waals surface area contributed by atoms with Crippen molar-refractivity contribution in [1.29, 1.82) is 0 Å². The summed E-state index contributed by atoms with van der Waals surface area (Å²) in [7, 11) is 0. The first-order valence-corrected chi connectivity index (χ1v) is 7.33. The summed E-state index contributed by atoms with van der Waals surface area (Å²) in [5.74, 6) is -2.51. The molecule has 0 aliphatic carbocycles. The third-order valence-corrected chi connectivity index (χ3v) is 2.97. The molecule has 0 spiro atoms. The molecule has 0 saturated heterocycles. The van der Waals surface area contributed by atoms with E-state index < -0.39 is 17.9 Å². The minimum absolute atomic E-state index is 0.278. The van der Waals surface area contributed by atoms with Gasteiger partial charge in [-0.05, 0) is 43.7 Å². The molecule has 0 heterocycles. The van der Waals surface area contributed by atoms with Gasteiger partial charge in [0.1, 0.15) is 0 Å². The Kier molecular flexibility index (Phi) is 8.15.